The largest absolute Gasteiger partial charge is 0.493 e. The molecule has 0 saturated carbocycles. The molecule has 3 aromatic carbocycles. The summed E-state index contributed by atoms with van der Waals surface area (Å²) in [5.41, 5.74) is 3.38. The van der Waals surface area contributed by atoms with Gasteiger partial charge in [0.2, 0.25) is 0 Å². The summed E-state index contributed by atoms with van der Waals surface area (Å²) in [5, 5.41) is 3.97. The highest BCUT2D eigenvalue weighted by atomic mass is 35.5. The van der Waals surface area contributed by atoms with Crippen LogP contribution in [0, 0.1) is 0 Å². The van der Waals surface area contributed by atoms with Gasteiger partial charge in [0, 0.05) is 13.1 Å². The molecule has 3 nitrogen and oxygen atoms in total. The summed E-state index contributed by atoms with van der Waals surface area (Å²) >= 11 is 6.44. The highest BCUT2D eigenvalue weighted by molar-refractivity contribution is 6.32. The van der Waals surface area contributed by atoms with Crippen molar-refractivity contribution in [2.75, 3.05) is 7.11 Å². The van der Waals surface area contributed by atoms with Gasteiger partial charge >= 0.3 is 0 Å². The van der Waals surface area contributed by atoms with Crippen molar-refractivity contribution in [1.82, 2.24) is 5.32 Å². The first-order valence-corrected chi connectivity index (χ1v) is 8.92. The van der Waals surface area contributed by atoms with Crippen LogP contribution >= 0.6 is 24.0 Å². The van der Waals surface area contributed by atoms with Crippen LogP contribution in [-0.2, 0) is 19.7 Å². The van der Waals surface area contributed by atoms with E-state index in [0.717, 1.165) is 17.7 Å². The predicted molar refractivity (Wildman–Crippen MR) is 113 cm³/mol. The normalized spacial score (nSPS) is 10.1. The Hall–Kier alpha value is -2.20. The summed E-state index contributed by atoms with van der Waals surface area (Å²) < 4.78 is 11.4. The van der Waals surface area contributed by atoms with E-state index in [1.54, 1.807) is 7.11 Å². The van der Waals surface area contributed by atoms with Crippen molar-refractivity contribution in [1.29, 1.82) is 0 Å². The van der Waals surface area contributed by atoms with Gasteiger partial charge < -0.3 is 14.8 Å². The van der Waals surface area contributed by atoms with Crippen molar-refractivity contribution < 1.29 is 9.47 Å². The topological polar surface area (TPSA) is 30.5 Å². The smallest absolute Gasteiger partial charge is 0.180 e. The third-order valence-corrected chi connectivity index (χ3v) is 4.30. The molecule has 3 aromatic rings. The van der Waals surface area contributed by atoms with Gasteiger partial charge in [0.15, 0.2) is 11.5 Å². The van der Waals surface area contributed by atoms with Crippen molar-refractivity contribution in [3.05, 3.63) is 94.5 Å². The molecule has 0 saturated heterocycles. The summed E-state index contributed by atoms with van der Waals surface area (Å²) in [4.78, 5) is 0. The van der Waals surface area contributed by atoms with Gasteiger partial charge in [0.1, 0.15) is 6.61 Å². The van der Waals surface area contributed by atoms with E-state index in [9.17, 15) is 0 Å². The molecular formula is C22H23Cl2NO2. The van der Waals surface area contributed by atoms with Crippen molar-refractivity contribution in [2.45, 2.75) is 19.7 Å². The third-order valence-electron chi connectivity index (χ3n) is 4.02. The van der Waals surface area contributed by atoms with Crippen LogP contribution in [0.4, 0.5) is 0 Å². The highest BCUT2D eigenvalue weighted by Crippen LogP contribution is 2.37. The molecule has 0 aliphatic rings. The quantitative estimate of drug-likeness (QED) is 0.527. The fraction of sp³-hybridized carbons (Fsp3) is 0.182. The van der Waals surface area contributed by atoms with Gasteiger partial charge in [-0.05, 0) is 28.8 Å². The van der Waals surface area contributed by atoms with Gasteiger partial charge in [-0.25, -0.2) is 0 Å². The van der Waals surface area contributed by atoms with E-state index >= 15 is 0 Å². The first kappa shape index (κ1) is 21.1. The molecule has 142 valence electrons. The lowest BCUT2D eigenvalue weighted by Crippen LogP contribution is -2.12. The Morgan fingerprint density at radius 2 is 1.41 bits per heavy atom. The van der Waals surface area contributed by atoms with Crippen LogP contribution in [0.1, 0.15) is 16.7 Å². The Morgan fingerprint density at radius 1 is 0.815 bits per heavy atom. The summed E-state index contributed by atoms with van der Waals surface area (Å²) in [7, 11) is 1.63. The van der Waals surface area contributed by atoms with Crippen molar-refractivity contribution in [3.8, 4) is 11.5 Å². The number of methoxy groups -OCH3 is 1. The SMILES string of the molecule is COc1cc(CNCc2ccccc2)cc(Cl)c1OCc1ccccc1.Cl. The van der Waals surface area contributed by atoms with Crippen LogP contribution in [0.15, 0.2) is 72.8 Å². The molecule has 0 heterocycles. The molecule has 0 aliphatic carbocycles. The standard InChI is InChI=1S/C22H22ClNO2.ClH/c1-25-21-13-19(15-24-14-17-8-4-2-5-9-17)12-20(23)22(21)26-16-18-10-6-3-7-11-18;/h2-13,24H,14-16H2,1H3;1H. The fourth-order valence-electron chi connectivity index (χ4n) is 2.69. The van der Waals surface area contributed by atoms with E-state index in [1.807, 2.05) is 60.7 Å². The number of hydrogen-bond acceptors (Lipinski definition) is 3. The Kier molecular flexibility index (Phi) is 8.46. The van der Waals surface area contributed by atoms with Gasteiger partial charge in [0.25, 0.3) is 0 Å². The van der Waals surface area contributed by atoms with Crippen LogP contribution in [0.3, 0.4) is 0 Å². The fourth-order valence-corrected chi connectivity index (χ4v) is 2.98. The Morgan fingerprint density at radius 3 is 2.04 bits per heavy atom. The second-order valence-corrected chi connectivity index (χ2v) is 6.38. The lowest BCUT2D eigenvalue weighted by Gasteiger charge is -2.15. The summed E-state index contributed by atoms with van der Waals surface area (Å²) in [6, 6.07) is 24.2. The van der Waals surface area contributed by atoms with Crippen LogP contribution in [0.25, 0.3) is 0 Å². The molecule has 3 rings (SSSR count). The zero-order valence-electron chi connectivity index (χ0n) is 15.2. The molecule has 0 bridgehead atoms. The zero-order valence-corrected chi connectivity index (χ0v) is 16.7. The van der Waals surface area contributed by atoms with E-state index in [2.05, 4.69) is 17.4 Å². The minimum atomic E-state index is 0. The number of ether oxygens (including phenoxy) is 2. The maximum absolute atomic E-state index is 6.44. The van der Waals surface area contributed by atoms with Gasteiger partial charge in [-0.3, -0.25) is 0 Å². The number of nitrogens with one attached hydrogen (secondary N) is 1. The van der Waals surface area contributed by atoms with Gasteiger partial charge in [-0.2, -0.15) is 0 Å². The van der Waals surface area contributed by atoms with E-state index in [4.69, 9.17) is 21.1 Å². The van der Waals surface area contributed by atoms with Gasteiger partial charge in [-0.15, -0.1) is 12.4 Å². The second-order valence-electron chi connectivity index (χ2n) is 5.97. The van der Waals surface area contributed by atoms with E-state index in [1.165, 1.54) is 5.56 Å². The monoisotopic (exact) mass is 403 g/mol. The average molecular weight is 404 g/mol. The Balaban J connectivity index is 0.00000261. The molecule has 0 atom stereocenters. The lowest BCUT2D eigenvalue weighted by atomic mass is 10.1. The van der Waals surface area contributed by atoms with E-state index in [0.29, 0.717) is 29.7 Å². The minimum absolute atomic E-state index is 0. The molecule has 0 unspecified atom stereocenters. The Labute approximate surface area is 171 Å². The first-order chi connectivity index (χ1) is 12.8. The predicted octanol–water partition coefficient (Wildman–Crippen LogP) is 5.64. The Bertz CT molecular complexity index is 826. The number of benzene rings is 3. The van der Waals surface area contributed by atoms with Crippen LogP contribution in [0.5, 0.6) is 11.5 Å². The molecule has 0 fully saturated rings. The van der Waals surface area contributed by atoms with E-state index < -0.39 is 0 Å². The molecule has 1 N–H and O–H groups in total. The highest BCUT2D eigenvalue weighted by Gasteiger charge is 2.12. The molecule has 0 aromatic heterocycles. The van der Waals surface area contributed by atoms with Gasteiger partial charge in [0.05, 0.1) is 12.1 Å². The maximum atomic E-state index is 6.44. The second kappa shape index (κ2) is 10.8. The number of rotatable bonds is 8. The number of hydrogen-bond donors (Lipinski definition) is 1. The molecule has 27 heavy (non-hydrogen) atoms. The average Bonchev–Trinajstić information content (AvgIpc) is 2.68. The summed E-state index contributed by atoms with van der Waals surface area (Å²) in [6.45, 7) is 1.94. The maximum Gasteiger partial charge on any atom is 0.180 e. The zero-order chi connectivity index (χ0) is 18.2. The molecule has 0 amide bonds. The molecular weight excluding hydrogens is 381 g/mol. The first-order valence-electron chi connectivity index (χ1n) is 8.54. The summed E-state index contributed by atoms with van der Waals surface area (Å²) in [5.74, 6) is 1.22. The molecule has 0 radical (unpaired) electrons. The van der Waals surface area contributed by atoms with Crippen LogP contribution in [-0.4, -0.2) is 7.11 Å². The number of halogens is 2. The van der Waals surface area contributed by atoms with Crippen molar-refractivity contribution >= 4 is 24.0 Å². The molecule has 0 spiro atoms. The molecule has 5 heteroatoms. The van der Waals surface area contributed by atoms with Gasteiger partial charge in [-0.1, -0.05) is 72.3 Å². The van der Waals surface area contributed by atoms with Crippen molar-refractivity contribution in [2.24, 2.45) is 0 Å². The van der Waals surface area contributed by atoms with E-state index in [-0.39, 0.29) is 12.4 Å². The van der Waals surface area contributed by atoms with Crippen molar-refractivity contribution in [3.63, 3.8) is 0 Å². The van der Waals surface area contributed by atoms with Crippen LogP contribution in [0.2, 0.25) is 5.02 Å². The minimum Gasteiger partial charge on any atom is -0.493 e. The third kappa shape index (κ3) is 6.17. The summed E-state index contributed by atoms with van der Waals surface area (Å²) in [6.07, 6.45) is 0. The van der Waals surface area contributed by atoms with Crippen LogP contribution < -0.4 is 14.8 Å². The molecule has 0 aliphatic heterocycles. The lowest BCUT2D eigenvalue weighted by molar-refractivity contribution is 0.284.